The van der Waals surface area contributed by atoms with Gasteiger partial charge in [-0.15, -0.1) is 0 Å². The first-order valence-corrected chi connectivity index (χ1v) is 7.66. The van der Waals surface area contributed by atoms with Gasteiger partial charge in [-0.3, -0.25) is 9.47 Å². The quantitative estimate of drug-likeness (QED) is 0.695. The predicted octanol–water partition coefficient (Wildman–Crippen LogP) is 3.22. The van der Waals surface area contributed by atoms with E-state index in [1.54, 1.807) is 22.8 Å². The van der Waals surface area contributed by atoms with Gasteiger partial charge in [0, 0.05) is 11.6 Å². The molecule has 3 rings (SSSR count). The van der Waals surface area contributed by atoms with Crippen molar-refractivity contribution in [3.63, 3.8) is 0 Å². The van der Waals surface area contributed by atoms with E-state index in [0.29, 0.717) is 30.4 Å². The van der Waals surface area contributed by atoms with Crippen molar-refractivity contribution in [1.29, 1.82) is 0 Å². The van der Waals surface area contributed by atoms with Gasteiger partial charge in [-0.05, 0) is 37.4 Å². The van der Waals surface area contributed by atoms with E-state index in [0.717, 1.165) is 11.3 Å². The van der Waals surface area contributed by atoms with Crippen LogP contribution < -0.4 is 10.5 Å². The molecule has 0 aliphatic rings. The molecule has 0 bridgehead atoms. The maximum Gasteiger partial charge on any atom is 0.421 e. The van der Waals surface area contributed by atoms with Crippen molar-refractivity contribution in [3.8, 4) is 5.75 Å². The summed E-state index contributed by atoms with van der Waals surface area (Å²) in [4.78, 5) is 13.9. The lowest BCUT2D eigenvalue weighted by Crippen LogP contribution is -2.30. The zero-order chi connectivity index (χ0) is 16.2. The zero-order valence-corrected chi connectivity index (χ0v) is 13.5. The summed E-state index contributed by atoms with van der Waals surface area (Å²) in [5.74, 6) is 0.380. The maximum atomic E-state index is 11.9. The Hall–Kier alpha value is -2.24. The molecule has 5 nitrogen and oxygen atoms in total. The van der Waals surface area contributed by atoms with Gasteiger partial charge in [-0.1, -0.05) is 29.8 Å². The van der Waals surface area contributed by atoms with Crippen molar-refractivity contribution < 1.29 is 9.15 Å². The Morgan fingerprint density at radius 3 is 2.87 bits per heavy atom. The molecule has 0 saturated carbocycles. The first-order valence-electron chi connectivity index (χ1n) is 7.29. The first kappa shape index (κ1) is 15.6. The number of nitrogens with zero attached hydrogens (tertiary/aromatic N) is 2. The number of fused-ring (bicyclic) bond motifs is 1. The van der Waals surface area contributed by atoms with Crippen molar-refractivity contribution in [2.45, 2.75) is 6.67 Å². The minimum Gasteiger partial charge on any atom is -0.492 e. The highest BCUT2D eigenvalue weighted by Crippen LogP contribution is 2.17. The molecular formula is C17H17ClN2O3. The minimum atomic E-state index is -0.353. The number of hydrogen-bond donors (Lipinski definition) is 0. The minimum absolute atomic E-state index is 0.353. The van der Waals surface area contributed by atoms with Crippen molar-refractivity contribution in [1.82, 2.24) is 9.47 Å². The molecule has 3 aromatic rings. The standard InChI is InChI=1S/C17H17ClN2O3/c1-19(9-10-22-14-6-4-5-13(18)11-14)12-20-15-7-2-3-8-16(15)23-17(20)21/h2-8,11H,9-10,12H2,1H3. The number of halogens is 1. The third kappa shape index (κ3) is 3.75. The molecule has 0 radical (unpaired) electrons. The summed E-state index contributed by atoms with van der Waals surface area (Å²) >= 11 is 5.92. The lowest BCUT2D eigenvalue weighted by atomic mass is 10.3. The summed E-state index contributed by atoms with van der Waals surface area (Å²) in [6.07, 6.45) is 0. The van der Waals surface area contributed by atoms with Crippen LogP contribution in [0.4, 0.5) is 0 Å². The molecule has 0 aliphatic heterocycles. The summed E-state index contributed by atoms with van der Waals surface area (Å²) in [6, 6.07) is 14.7. The summed E-state index contributed by atoms with van der Waals surface area (Å²) < 4.78 is 12.5. The fourth-order valence-corrected chi connectivity index (χ4v) is 2.52. The molecule has 1 heterocycles. The van der Waals surface area contributed by atoms with E-state index in [1.165, 1.54) is 0 Å². The monoisotopic (exact) mass is 332 g/mol. The Balaban J connectivity index is 1.59. The van der Waals surface area contributed by atoms with Crippen LogP contribution in [0, 0.1) is 0 Å². The smallest absolute Gasteiger partial charge is 0.421 e. The Kier molecular flexibility index (Phi) is 4.69. The molecule has 0 aliphatic carbocycles. The van der Waals surface area contributed by atoms with Gasteiger partial charge in [0.1, 0.15) is 12.4 Å². The van der Waals surface area contributed by atoms with Gasteiger partial charge in [-0.25, -0.2) is 4.79 Å². The van der Waals surface area contributed by atoms with Gasteiger partial charge in [0.15, 0.2) is 5.58 Å². The van der Waals surface area contributed by atoms with Crippen LogP contribution in [0.5, 0.6) is 5.75 Å². The highest BCUT2D eigenvalue weighted by Gasteiger charge is 2.10. The summed E-state index contributed by atoms with van der Waals surface area (Å²) in [5, 5.41) is 0.646. The van der Waals surface area contributed by atoms with Crippen molar-refractivity contribution in [2.24, 2.45) is 0 Å². The molecule has 0 atom stereocenters. The van der Waals surface area contributed by atoms with Crippen molar-refractivity contribution in [2.75, 3.05) is 20.2 Å². The largest absolute Gasteiger partial charge is 0.492 e. The molecule has 2 aromatic carbocycles. The SMILES string of the molecule is CN(CCOc1cccc(Cl)c1)Cn1c(=O)oc2ccccc21. The Morgan fingerprint density at radius 1 is 1.22 bits per heavy atom. The normalized spacial score (nSPS) is 11.3. The molecule has 0 saturated heterocycles. The Morgan fingerprint density at radius 2 is 2.04 bits per heavy atom. The molecular weight excluding hydrogens is 316 g/mol. The van der Waals surface area contributed by atoms with Gasteiger partial charge >= 0.3 is 5.76 Å². The third-order valence-electron chi connectivity index (χ3n) is 3.49. The molecule has 23 heavy (non-hydrogen) atoms. The van der Waals surface area contributed by atoms with E-state index in [4.69, 9.17) is 20.8 Å². The molecule has 0 N–H and O–H groups in total. The van der Waals surface area contributed by atoms with E-state index in [9.17, 15) is 4.79 Å². The summed E-state index contributed by atoms with van der Waals surface area (Å²) in [7, 11) is 1.93. The molecule has 0 unspecified atom stereocenters. The summed E-state index contributed by atoms with van der Waals surface area (Å²) in [5.41, 5.74) is 1.39. The van der Waals surface area contributed by atoms with Crippen LogP contribution in [0.25, 0.3) is 11.1 Å². The van der Waals surface area contributed by atoms with Gasteiger partial charge in [-0.2, -0.15) is 0 Å². The van der Waals surface area contributed by atoms with Crippen molar-refractivity contribution >= 4 is 22.7 Å². The topological polar surface area (TPSA) is 47.6 Å². The second-order valence-corrected chi connectivity index (χ2v) is 5.73. The Bertz CT molecular complexity index is 856. The first-order chi connectivity index (χ1) is 11.1. The lowest BCUT2D eigenvalue weighted by molar-refractivity contribution is 0.203. The van der Waals surface area contributed by atoms with E-state index in [-0.39, 0.29) is 5.76 Å². The average Bonchev–Trinajstić information content (AvgIpc) is 2.83. The maximum absolute atomic E-state index is 11.9. The fraction of sp³-hybridized carbons (Fsp3) is 0.235. The second kappa shape index (κ2) is 6.89. The van der Waals surface area contributed by atoms with Crippen LogP contribution in [-0.4, -0.2) is 29.7 Å². The Labute approximate surface area is 138 Å². The molecule has 6 heteroatoms. The van der Waals surface area contributed by atoms with E-state index in [1.807, 2.05) is 42.3 Å². The van der Waals surface area contributed by atoms with Crippen LogP contribution in [-0.2, 0) is 6.67 Å². The van der Waals surface area contributed by atoms with Crippen LogP contribution in [0.3, 0.4) is 0 Å². The fourth-order valence-electron chi connectivity index (χ4n) is 2.34. The van der Waals surface area contributed by atoms with Crippen LogP contribution in [0.1, 0.15) is 0 Å². The van der Waals surface area contributed by atoms with Crippen molar-refractivity contribution in [3.05, 3.63) is 64.1 Å². The van der Waals surface area contributed by atoms with Crippen LogP contribution >= 0.6 is 11.6 Å². The number of para-hydroxylation sites is 2. The molecule has 120 valence electrons. The molecule has 0 amide bonds. The highest BCUT2D eigenvalue weighted by molar-refractivity contribution is 6.30. The van der Waals surface area contributed by atoms with Crippen LogP contribution in [0.2, 0.25) is 5.02 Å². The highest BCUT2D eigenvalue weighted by atomic mass is 35.5. The predicted molar refractivity (Wildman–Crippen MR) is 90.1 cm³/mol. The van der Waals surface area contributed by atoms with Gasteiger partial charge in [0.25, 0.3) is 0 Å². The number of benzene rings is 2. The van der Waals surface area contributed by atoms with Gasteiger partial charge in [0.2, 0.25) is 0 Å². The van der Waals surface area contributed by atoms with Crippen LogP contribution in [0.15, 0.2) is 57.7 Å². The molecule has 0 fully saturated rings. The lowest BCUT2D eigenvalue weighted by Gasteiger charge is -2.17. The molecule has 0 spiro atoms. The van der Waals surface area contributed by atoms with E-state index >= 15 is 0 Å². The number of rotatable bonds is 6. The average molecular weight is 333 g/mol. The zero-order valence-electron chi connectivity index (χ0n) is 12.7. The number of ether oxygens (including phenoxy) is 1. The third-order valence-corrected chi connectivity index (χ3v) is 3.73. The van der Waals surface area contributed by atoms with E-state index < -0.39 is 0 Å². The van der Waals surface area contributed by atoms with Gasteiger partial charge in [0.05, 0.1) is 12.2 Å². The number of aromatic nitrogens is 1. The molecule has 1 aromatic heterocycles. The number of oxazole rings is 1. The number of likely N-dealkylation sites (N-methyl/N-ethyl adjacent to an activating group) is 1. The van der Waals surface area contributed by atoms with E-state index in [2.05, 4.69) is 0 Å². The second-order valence-electron chi connectivity index (χ2n) is 5.29. The summed E-state index contributed by atoms with van der Waals surface area (Å²) in [6.45, 7) is 1.61. The number of hydrogen-bond acceptors (Lipinski definition) is 4. The van der Waals surface area contributed by atoms with Gasteiger partial charge < -0.3 is 9.15 Å².